The summed E-state index contributed by atoms with van der Waals surface area (Å²) in [7, 11) is 0. The molecule has 0 heterocycles. The summed E-state index contributed by atoms with van der Waals surface area (Å²) in [5.41, 5.74) is 0.326. The molecule has 66 valence electrons. The summed E-state index contributed by atoms with van der Waals surface area (Å²) in [5.74, 6) is -0.429. The molecule has 0 bridgehead atoms. The summed E-state index contributed by atoms with van der Waals surface area (Å²) in [4.78, 5) is 0. The molecule has 1 unspecified atom stereocenters. The average Bonchev–Trinajstić information content (AvgIpc) is 2.08. The molecule has 0 saturated heterocycles. The molecule has 1 atom stereocenters. The Morgan fingerprint density at radius 2 is 2.17 bits per heavy atom. The van der Waals surface area contributed by atoms with Gasteiger partial charge in [0.1, 0.15) is 5.82 Å². The van der Waals surface area contributed by atoms with Gasteiger partial charge in [-0.25, -0.2) is 4.39 Å². The van der Waals surface area contributed by atoms with Crippen molar-refractivity contribution in [3.63, 3.8) is 0 Å². The smallest absolute Gasteiger partial charge is 0.123 e. The molecule has 0 aromatic heterocycles. The van der Waals surface area contributed by atoms with E-state index in [-0.39, 0.29) is 5.88 Å². The molecular formula is C8H7Cl2FO. The van der Waals surface area contributed by atoms with Gasteiger partial charge in [0, 0.05) is 10.6 Å². The number of benzene rings is 1. The molecule has 0 saturated carbocycles. The summed E-state index contributed by atoms with van der Waals surface area (Å²) in [6, 6.07) is 3.80. The van der Waals surface area contributed by atoms with Crippen molar-refractivity contribution in [3.8, 4) is 0 Å². The van der Waals surface area contributed by atoms with Gasteiger partial charge >= 0.3 is 0 Å². The molecule has 4 heteroatoms. The highest BCUT2D eigenvalue weighted by Crippen LogP contribution is 2.24. The van der Waals surface area contributed by atoms with Crippen LogP contribution in [0.15, 0.2) is 18.2 Å². The van der Waals surface area contributed by atoms with Gasteiger partial charge in [-0.3, -0.25) is 0 Å². The molecule has 1 aromatic rings. The Bertz CT molecular complexity index is 278. The maximum absolute atomic E-state index is 12.6. The maximum atomic E-state index is 12.6. The van der Waals surface area contributed by atoms with Crippen LogP contribution in [0.5, 0.6) is 0 Å². The molecule has 0 aliphatic rings. The lowest BCUT2D eigenvalue weighted by molar-refractivity contribution is 0.202. The fourth-order valence-electron chi connectivity index (χ4n) is 0.853. The summed E-state index contributed by atoms with van der Waals surface area (Å²) in [6.07, 6.45) is -0.908. The Morgan fingerprint density at radius 3 is 2.75 bits per heavy atom. The second-order valence-corrected chi connectivity index (χ2v) is 3.05. The van der Waals surface area contributed by atoms with Crippen molar-refractivity contribution in [2.24, 2.45) is 0 Å². The quantitative estimate of drug-likeness (QED) is 0.742. The van der Waals surface area contributed by atoms with Crippen LogP contribution in [0.4, 0.5) is 4.39 Å². The van der Waals surface area contributed by atoms with Gasteiger partial charge in [-0.1, -0.05) is 11.6 Å². The zero-order valence-electron chi connectivity index (χ0n) is 6.10. The van der Waals surface area contributed by atoms with E-state index < -0.39 is 11.9 Å². The zero-order chi connectivity index (χ0) is 9.14. The summed E-state index contributed by atoms with van der Waals surface area (Å²) >= 11 is 11.1. The van der Waals surface area contributed by atoms with E-state index in [1.54, 1.807) is 0 Å². The van der Waals surface area contributed by atoms with Crippen molar-refractivity contribution >= 4 is 23.2 Å². The first-order chi connectivity index (χ1) is 5.65. The molecule has 0 amide bonds. The van der Waals surface area contributed by atoms with E-state index in [4.69, 9.17) is 23.2 Å². The lowest BCUT2D eigenvalue weighted by Crippen LogP contribution is -1.99. The first-order valence-electron chi connectivity index (χ1n) is 3.34. The van der Waals surface area contributed by atoms with Gasteiger partial charge in [-0.05, 0) is 18.2 Å². The lowest BCUT2D eigenvalue weighted by atomic mass is 10.1. The van der Waals surface area contributed by atoms with Crippen molar-refractivity contribution < 1.29 is 9.50 Å². The van der Waals surface area contributed by atoms with E-state index in [0.29, 0.717) is 10.6 Å². The number of hydrogen-bond donors (Lipinski definition) is 1. The summed E-state index contributed by atoms with van der Waals surface area (Å²) in [6.45, 7) is 0. The minimum Gasteiger partial charge on any atom is -0.387 e. The van der Waals surface area contributed by atoms with Crippen LogP contribution in [0.25, 0.3) is 0 Å². The Hall–Kier alpha value is -0.310. The van der Waals surface area contributed by atoms with E-state index in [1.165, 1.54) is 18.2 Å². The number of aliphatic hydroxyl groups excluding tert-OH is 1. The molecule has 0 aliphatic heterocycles. The van der Waals surface area contributed by atoms with Crippen LogP contribution in [0.2, 0.25) is 5.02 Å². The van der Waals surface area contributed by atoms with Gasteiger partial charge in [0.15, 0.2) is 0 Å². The molecule has 1 N–H and O–H groups in total. The number of alkyl halides is 1. The predicted molar refractivity (Wildman–Crippen MR) is 47.1 cm³/mol. The molecule has 1 nitrogen and oxygen atoms in total. The minimum absolute atomic E-state index is 0.00315. The van der Waals surface area contributed by atoms with Crippen molar-refractivity contribution in [1.82, 2.24) is 0 Å². The third kappa shape index (κ3) is 2.09. The molecule has 1 aromatic carbocycles. The van der Waals surface area contributed by atoms with E-state index in [1.807, 2.05) is 0 Å². The SMILES string of the molecule is OC(CCl)c1cc(F)ccc1Cl. The first-order valence-corrected chi connectivity index (χ1v) is 4.25. The fourth-order valence-corrected chi connectivity index (χ4v) is 1.26. The van der Waals surface area contributed by atoms with Gasteiger partial charge in [-0.2, -0.15) is 0 Å². The third-order valence-corrected chi connectivity index (χ3v) is 2.10. The zero-order valence-corrected chi connectivity index (χ0v) is 7.61. The highest BCUT2D eigenvalue weighted by atomic mass is 35.5. The molecule has 0 aliphatic carbocycles. The molecule has 0 fully saturated rings. The number of rotatable bonds is 2. The Balaban J connectivity index is 3.04. The van der Waals surface area contributed by atoms with Gasteiger partial charge < -0.3 is 5.11 Å². The van der Waals surface area contributed by atoms with Crippen molar-refractivity contribution in [3.05, 3.63) is 34.6 Å². The summed E-state index contributed by atoms with van der Waals surface area (Å²) < 4.78 is 12.6. The van der Waals surface area contributed by atoms with Crippen molar-refractivity contribution in [1.29, 1.82) is 0 Å². The van der Waals surface area contributed by atoms with Gasteiger partial charge in [0.25, 0.3) is 0 Å². The van der Waals surface area contributed by atoms with E-state index in [2.05, 4.69) is 0 Å². The number of halogens is 3. The Morgan fingerprint density at radius 1 is 1.50 bits per heavy atom. The van der Waals surface area contributed by atoms with Crippen LogP contribution in [0.3, 0.4) is 0 Å². The Labute approximate surface area is 79.7 Å². The lowest BCUT2D eigenvalue weighted by Gasteiger charge is -2.08. The summed E-state index contributed by atoms with van der Waals surface area (Å²) in [5, 5.41) is 9.58. The van der Waals surface area contributed by atoms with Crippen LogP contribution in [-0.4, -0.2) is 11.0 Å². The normalized spacial score (nSPS) is 13.0. The molecule has 1 rings (SSSR count). The largest absolute Gasteiger partial charge is 0.387 e. The fraction of sp³-hybridized carbons (Fsp3) is 0.250. The van der Waals surface area contributed by atoms with Gasteiger partial charge in [0.2, 0.25) is 0 Å². The number of hydrogen-bond acceptors (Lipinski definition) is 1. The average molecular weight is 209 g/mol. The molecule has 0 radical (unpaired) electrons. The van der Waals surface area contributed by atoms with Gasteiger partial charge in [0.05, 0.1) is 12.0 Å². The highest BCUT2D eigenvalue weighted by molar-refractivity contribution is 6.31. The Kier molecular flexibility index (Phi) is 3.32. The van der Waals surface area contributed by atoms with Crippen LogP contribution >= 0.6 is 23.2 Å². The van der Waals surface area contributed by atoms with E-state index in [9.17, 15) is 9.50 Å². The second kappa shape index (κ2) is 4.08. The van der Waals surface area contributed by atoms with E-state index >= 15 is 0 Å². The van der Waals surface area contributed by atoms with Crippen LogP contribution < -0.4 is 0 Å². The van der Waals surface area contributed by atoms with Gasteiger partial charge in [-0.15, -0.1) is 11.6 Å². The standard InChI is InChI=1S/C8H7Cl2FO/c9-4-8(12)6-3-5(11)1-2-7(6)10/h1-3,8,12H,4H2. The van der Waals surface area contributed by atoms with Crippen LogP contribution in [0.1, 0.15) is 11.7 Å². The minimum atomic E-state index is -0.908. The maximum Gasteiger partial charge on any atom is 0.123 e. The monoisotopic (exact) mass is 208 g/mol. The molecule has 0 spiro atoms. The first kappa shape index (κ1) is 9.78. The molecular weight excluding hydrogens is 202 g/mol. The van der Waals surface area contributed by atoms with Crippen LogP contribution in [-0.2, 0) is 0 Å². The third-order valence-electron chi connectivity index (χ3n) is 1.46. The topological polar surface area (TPSA) is 20.2 Å². The van der Waals surface area contributed by atoms with Crippen molar-refractivity contribution in [2.75, 3.05) is 5.88 Å². The number of aliphatic hydroxyl groups is 1. The molecule has 12 heavy (non-hydrogen) atoms. The van der Waals surface area contributed by atoms with E-state index in [0.717, 1.165) is 0 Å². The van der Waals surface area contributed by atoms with Crippen LogP contribution in [0, 0.1) is 5.82 Å². The van der Waals surface area contributed by atoms with Crippen molar-refractivity contribution in [2.45, 2.75) is 6.10 Å². The highest BCUT2D eigenvalue weighted by Gasteiger charge is 2.10. The second-order valence-electron chi connectivity index (χ2n) is 2.34. The predicted octanol–water partition coefficient (Wildman–Crippen LogP) is 2.75.